The summed E-state index contributed by atoms with van der Waals surface area (Å²) in [4.78, 5) is 37.6. The van der Waals surface area contributed by atoms with Crippen LogP contribution in [0.4, 0.5) is 16.2 Å². The van der Waals surface area contributed by atoms with Crippen LogP contribution >= 0.6 is 11.6 Å². The van der Waals surface area contributed by atoms with E-state index < -0.39 is 34.0 Å². The number of nitrogens with one attached hydrogen (secondary N) is 1. The van der Waals surface area contributed by atoms with Gasteiger partial charge < -0.3 is 20.1 Å². The summed E-state index contributed by atoms with van der Waals surface area (Å²) in [7, 11) is -3.00. The quantitative estimate of drug-likeness (QED) is 0.342. The van der Waals surface area contributed by atoms with Crippen molar-refractivity contribution in [2.45, 2.75) is 30.9 Å². The third kappa shape index (κ3) is 7.71. The fourth-order valence-corrected chi connectivity index (χ4v) is 5.60. The number of rotatable bonds is 11. The van der Waals surface area contributed by atoms with Crippen LogP contribution in [-0.4, -0.2) is 56.0 Å². The normalized spacial score (nSPS) is 11.8. The zero-order valence-electron chi connectivity index (χ0n) is 21.3. The zero-order chi connectivity index (χ0) is 28.6. The first-order valence-corrected chi connectivity index (χ1v) is 13.7. The van der Waals surface area contributed by atoms with E-state index in [2.05, 4.69) is 5.32 Å². The maximum absolute atomic E-state index is 13.7. The monoisotopic (exact) mass is 573 g/mol. The van der Waals surface area contributed by atoms with Crippen LogP contribution in [0.5, 0.6) is 0 Å². The fraction of sp³-hybridized carbons (Fsp3) is 0.222. The van der Waals surface area contributed by atoms with Crippen molar-refractivity contribution in [3.05, 3.63) is 89.4 Å². The number of amides is 2. The molecule has 1 unspecified atom stereocenters. The number of anilines is 2. The molecule has 0 saturated carbocycles. The van der Waals surface area contributed by atoms with Gasteiger partial charge in [-0.05, 0) is 48.4 Å². The number of carboxylic acid groups (broad SMARTS) is 1. The predicted octanol–water partition coefficient (Wildman–Crippen LogP) is 4.61. The number of hydrogen-bond donors (Lipinski definition) is 2. The van der Waals surface area contributed by atoms with E-state index in [1.807, 2.05) is 18.2 Å². The highest BCUT2D eigenvalue weighted by atomic mass is 35.5. The van der Waals surface area contributed by atoms with E-state index >= 15 is 0 Å². The van der Waals surface area contributed by atoms with Gasteiger partial charge in [-0.2, -0.15) is 0 Å². The van der Waals surface area contributed by atoms with Crippen molar-refractivity contribution in [1.29, 1.82) is 0 Å². The summed E-state index contributed by atoms with van der Waals surface area (Å²) < 4.78 is 33.4. The van der Waals surface area contributed by atoms with E-state index in [-0.39, 0.29) is 40.9 Å². The Morgan fingerprint density at radius 2 is 1.69 bits per heavy atom. The molecule has 206 valence electrons. The predicted molar refractivity (Wildman–Crippen MR) is 147 cm³/mol. The molecule has 0 aliphatic carbocycles. The van der Waals surface area contributed by atoms with Crippen molar-refractivity contribution in [1.82, 2.24) is 4.90 Å². The lowest BCUT2D eigenvalue weighted by atomic mass is 10.2. The third-order valence-corrected chi connectivity index (χ3v) is 7.66. The minimum absolute atomic E-state index is 0.00971. The van der Waals surface area contributed by atoms with Gasteiger partial charge in [-0.25, -0.2) is 18.0 Å². The molecule has 0 fully saturated rings. The Bertz CT molecular complexity index is 1430. The number of likely N-dealkylation sites (N-methyl/N-ethyl adjacent to an activating group) is 1. The van der Waals surface area contributed by atoms with Gasteiger partial charge in [0.1, 0.15) is 19.2 Å². The van der Waals surface area contributed by atoms with Gasteiger partial charge >= 0.3 is 12.1 Å². The average Bonchev–Trinajstić information content (AvgIpc) is 2.90. The van der Waals surface area contributed by atoms with E-state index in [4.69, 9.17) is 16.3 Å². The Morgan fingerprint density at radius 3 is 2.33 bits per heavy atom. The molecule has 0 bridgehead atoms. The van der Waals surface area contributed by atoms with Gasteiger partial charge in [0, 0.05) is 17.8 Å². The topological polar surface area (TPSA) is 133 Å². The minimum atomic E-state index is -4.40. The molecule has 0 aromatic heterocycles. The number of nitrogens with zero attached hydrogens (tertiary/aromatic N) is 2. The van der Waals surface area contributed by atoms with Crippen LogP contribution in [0.15, 0.2) is 83.8 Å². The number of hydrogen-bond acceptors (Lipinski definition) is 6. The Morgan fingerprint density at radius 1 is 1.00 bits per heavy atom. The van der Waals surface area contributed by atoms with E-state index in [1.54, 1.807) is 25.1 Å². The first kappa shape index (κ1) is 29.5. The number of carboxylic acids is 1. The average molecular weight is 574 g/mol. The first-order valence-electron chi connectivity index (χ1n) is 11.9. The van der Waals surface area contributed by atoms with E-state index in [0.29, 0.717) is 0 Å². The lowest BCUT2D eigenvalue weighted by Crippen LogP contribution is -2.45. The highest BCUT2D eigenvalue weighted by Gasteiger charge is 2.35. The SMILES string of the molecule is CCC(C(=O)O)N(c1cccc(Cl)c1)S(=O)(=O)c1cccc(NC(=O)CN(C)C(=O)OCc2ccccc2)c1. The number of sulfonamides is 1. The lowest BCUT2D eigenvalue weighted by molar-refractivity contribution is -0.138. The summed E-state index contributed by atoms with van der Waals surface area (Å²) in [5.74, 6) is -1.92. The largest absolute Gasteiger partial charge is 0.480 e. The number of halogens is 1. The molecule has 0 spiro atoms. The Hall–Kier alpha value is -4.09. The van der Waals surface area contributed by atoms with Crippen molar-refractivity contribution < 1.29 is 32.6 Å². The van der Waals surface area contributed by atoms with Gasteiger partial charge in [0.15, 0.2) is 0 Å². The lowest BCUT2D eigenvalue weighted by Gasteiger charge is -2.30. The van der Waals surface area contributed by atoms with Crippen molar-refractivity contribution in [2.75, 3.05) is 23.2 Å². The van der Waals surface area contributed by atoms with Crippen molar-refractivity contribution in [3.63, 3.8) is 0 Å². The molecule has 3 aromatic rings. The van der Waals surface area contributed by atoms with Crippen LogP contribution < -0.4 is 9.62 Å². The molecule has 2 amide bonds. The molecule has 3 rings (SSSR count). The molecule has 12 heteroatoms. The molecule has 0 radical (unpaired) electrons. The maximum Gasteiger partial charge on any atom is 0.410 e. The highest BCUT2D eigenvalue weighted by molar-refractivity contribution is 7.93. The minimum Gasteiger partial charge on any atom is -0.480 e. The number of carbonyl (C=O) groups is 3. The number of carbonyl (C=O) groups excluding carboxylic acids is 2. The van der Waals surface area contributed by atoms with E-state index in [0.717, 1.165) is 14.8 Å². The highest BCUT2D eigenvalue weighted by Crippen LogP contribution is 2.30. The summed E-state index contributed by atoms with van der Waals surface area (Å²) >= 11 is 6.06. The van der Waals surface area contributed by atoms with Crippen molar-refractivity contribution in [3.8, 4) is 0 Å². The van der Waals surface area contributed by atoms with Gasteiger partial charge in [-0.15, -0.1) is 0 Å². The molecule has 1 atom stereocenters. The summed E-state index contributed by atoms with van der Waals surface area (Å²) in [6.07, 6.45) is -0.716. The fourth-order valence-electron chi connectivity index (χ4n) is 3.70. The third-order valence-electron chi connectivity index (χ3n) is 5.59. The van der Waals surface area contributed by atoms with Crippen molar-refractivity contribution in [2.24, 2.45) is 0 Å². The maximum atomic E-state index is 13.7. The summed E-state index contributed by atoms with van der Waals surface area (Å²) in [5.41, 5.74) is 1.02. The van der Waals surface area contributed by atoms with Gasteiger partial charge in [0.05, 0.1) is 10.6 Å². The van der Waals surface area contributed by atoms with Crippen molar-refractivity contribution >= 4 is 51.0 Å². The van der Waals surface area contributed by atoms with E-state index in [1.165, 1.54) is 49.5 Å². The van der Waals surface area contributed by atoms with Gasteiger partial charge in [-0.3, -0.25) is 9.10 Å². The van der Waals surface area contributed by atoms with Crippen LogP contribution in [0.25, 0.3) is 0 Å². The number of ether oxygens (including phenoxy) is 1. The molecular weight excluding hydrogens is 546 g/mol. The zero-order valence-corrected chi connectivity index (χ0v) is 22.9. The molecule has 0 aliphatic rings. The molecule has 0 heterocycles. The van der Waals surface area contributed by atoms with Gasteiger partial charge in [-0.1, -0.05) is 61.0 Å². The molecule has 0 saturated heterocycles. The Kier molecular flexibility index (Phi) is 9.91. The molecule has 39 heavy (non-hydrogen) atoms. The second-order valence-electron chi connectivity index (χ2n) is 8.52. The summed E-state index contributed by atoms with van der Waals surface area (Å²) in [6.45, 7) is 1.25. The Labute approximate surface area is 231 Å². The standard InChI is InChI=1S/C27H28ClN3O7S/c1-3-24(26(33)34)31(22-13-7-11-20(28)15-22)39(36,37)23-14-8-12-21(16-23)29-25(32)17-30(2)27(35)38-18-19-9-5-4-6-10-19/h4-16,24H,3,17-18H2,1-2H3,(H,29,32)(H,33,34). The van der Waals surface area contributed by atoms with Crippen LogP contribution in [0.1, 0.15) is 18.9 Å². The van der Waals surface area contributed by atoms with E-state index in [9.17, 15) is 27.9 Å². The van der Waals surface area contributed by atoms with Crippen LogP contribution in [0, 0.1) is 0 Å². The van der Waals surface area contributed by atoms with Crippen LogP contribution in [0.2, 0.25) is 5.02 Å². The first-order chi connectivity index (χ1) is 18.5. The summed E-state index contributed by atoms with van der Waals surface area (Å²) in [5, 5.41) is 12.5. The van der Waals surface area contributed by atoms with Crippen LogP contribution in [0.3, 0.4) is 0 Å². The molecule has 10 nitrogen and oxygen atoms in total. The summed E-state index contributed by atoms with van der Waals surface area (Å²) in [6, 6.07) is 18.9. The number of benzene rings is 3. The Balaban J connectivity index is 1.76. The molecule has 2 N–H and O–H groups in total. The number of aliphatic carboxylic acids is 1. The second-order valence-corrected chi connectivity index (χ2v) is 10.8. The van der Waals surface area contributed by atoms with Crippen LogP contribution in [-0.2, 0) is 31.0 Å². The molecule has 0 aliphatic heterocycles. The van der Waals surface area contributed by atoms with Gasteiger partial charge in [0.25, 0.3) is 10.0 Å². The molecular formula is C27H28ClN3O7S. The smallest absolute Gasteiger partial charge is 0.410 e. The second kappa shape index (κ2) is 13.1. The molecule has 3 aromatic carbocycles. The van der Waals surface area contributed by atoms with Gasteiger partial charge in [0.2, 0.25) is 5.91 Å².